The zero-order valence-corrected chi connectivity index (χ0v) is 18.4. The van der Waals surface area contributed by atoms with Crippen LogP contribution >= 0.6 is 23.4 Å². The predicted molar refractivity (Wildman–Crippen MR) is 109 cm³/mol. The molecular weight excluding hydrogens is 414 g/mol. The van der Waals surface area contributed by atoms with Crippen molar-refractivity contribution in [1.29, 1.82) is 0 Å². The van der Waals surface area contributed by atoms with Gasteiger partial charge in [0.2, 0.25) is 0 Å². The summed E-state index contributed by atoms with van der Waals surface area (Å²) in [5.74, 6) is 0.470. The number of carbonyl (C=O) groups excluding carboxylic acids is 1. The van der Waals surface area contributed by atoms with Crippen LogP contribution in [0.25, 0.3) is 5.69 Å². The van der Waals surface area contributed by atoms with Crippen LogP contribution < -0.4 is 0 Å². The standard InChI is InChI=1S/C19H22ClN5O3S/c1-11-6-7-13(8-14(11)20)25-10-21-23-18(25)29-9-15(26)27-12(2)16-22-17(24-28-16)19(3,4)5/h6-8,10,12H,9H2,1-5H3. The smallest absolute Gasteiger partial charge is 0.317 e. The van der Waals surface area contributed by atoms with Crippen molar-refractivity contribution < 1.29 is 14.1 Å². The number of benzene rings is 1. The van der Waals surface area contributed by atoms with Crippen LogP contribution in [0.15, 0.2) is 34.2 Å². The normalized spacial score (nSPS) is 12.8. The highest BCUT2D eigenvalue weighted by atomic mass is 35.5. The van der Waals surface area contributed by atoms with Crippen LogP contribution in [-0.4, -0.2) is 36.6 Å². The van der Waals surface area contributed by atoms with Gasteiger partial charge in [0.05, 0.1) is 11.4 Å². The Morgan fingerprint density at radius 3 is 2.79 bits per heavy atom. The summed E-state index contributed by atoms with van der Waals surface area (Å²) >= 11 is 7.42. The Hall–Kier alpha value is -2.39. The highest BCUT2D eigenvalue weighted by Crippen LogP contribution is 2.25. The van der Waals surface area contributed by atoms with Crippen molar-refractivity contribution in [3.63, 3.8) is 0 Å². The zero-order valence-electron chi connectivity index (χ0n) is 16.8. The Balaban J connectivity index is 1.61. The van der Waals surface area contributed by atoms with Crippen LogP contribution in [0.3, 0.4) is 0 Å². The van der Waals surface area contributed by atoms with E-state index in [0.717, 1.165) is 11.3 Å². The summed E-state index contributed by atoms with van der Waals surface area (Å²) in [6.45, 7) is 9.56. The van der Waals surface area contributed by atoms with Crippen molar-refractivity contribution in [2.45, 2.75) is 51.3 Å². The second-order valence-corrected chi connectivity index (χ2v) is 8.89. The number of hydrogen-bond donors (Lipinski definition) is 0. The topological polar surface area (TPSA) is 95.9 Å². The number of hydrogen-bond acceptors (Lipinski definition) is 8. The zero-order chi connectivity index (χ0) is 21.2. The van der Waals surface area contributed by atoms with Crippen LogP contribution in [0, 0.1) is 6.92 Å². The van der Waals surface area contributed by atoms with E-state index in [1.807, 2.05) is 45.9 Å². The fraction of sp³-hybridized carbons (Fsp3) is 0.421. The quantitative estimate of drug-likeness (QED) is 0.417. The van der Waals surface area contributed by atoms with Crippen molar-refractivity contribution in [2.75, 3.05) is 5.75 Å². The molecule has 1 aromatic carbocycles. The van der Waals surface area contributed by atoms with E-state index in [4.69, 9.17) is 20.9 Å². The van der Waals surface area contributed by atoms with E-state index >= 15 is 0 Å². The molecule has 1 unspecified atom stereocenters. The third kappa shape index (κ3) is 5.16. The van der Waals surface area contributed by atoms with E-state index in [2.05, 4.69) is 20.3 Å². The molecule has 3 aromatic rings. The average molecular weight is 436 g/mol. The molecule has 0 aliphatic heterocycles. The van der Waals surface area contributed by atoms with Crippen LogP contribution in [0.2, 0.25) is 5.02 Å². The molecule has 154 valence electrons. The first-order valence-corrected chi connectivity index (χ1v) is 10.3. The summed E-state index contributed by atoms with van der Waals surface area (Å²) in [5, 5.41) is 13.1. The van der Waals surface area contributed by atoms with Gasteiger partial charge in [-0.25, -0.2) is 0 Å². The van der Waals surface area contributed by atoms with Crippen LogP contribution in [0.1, 0.15) is 51.1 Å². The van der Waals surface area contributed by atoms with Gasteiger partial charge >= 0.3 is 5.97 Å². The maximum atomic E-state index is 12.3. The largest absolute Gasteiger partial charge is 0.452 e. The fourth-order valence-corrected chi connectivity index (χ4v) is 3.23. The molecule has 29 heavy (non-hydrogen) atoms. The average Bonchev–Trinajstić information content (AvgIpc) is 3.31. The third-order valence-electron chi connectivity index (χ3n) is 4.04. The van der Waals surface area contributed by atoms with Gasteiger partial charge in [0.25, 0.3) is 5.89 Å². The monoisotopic (exact) mass is 435 g/mol. The fourth-order valence-electron chi connectivity index (χ4n) is 2.34. The molecule has 0 aliphatic carbocycles. The molecule has 2 heterocycles. The van der Waals surface area contributed by atoms with Gasteiger partial charge in [-0.05, 0) is 31.5 Å². The first-order valence-electron chi connectivity index (χ1n) is 8.98. The Morgan fingerprint density at radius 2 is 2.14 bits per heavy atom. The maximum Gasteiger partial charge on any atom is 0.317 e. The van der Waals surface area contributed by atoms with Crippen LogP contribution in [0.4, 0.5) is 0 Å². The van der Waals surface area contributed by atoms with Crippen LogP contribution in [-0.2, 0) is 14.9 Å². The van der Waals surface area contributed by atoms with Gasteiger partial charge in [0.15, 0.2) is 17.1 Å². The number of esters is 1. The summed E-state index contributed by atoms with van der Waals surface area (Å²) in [4.78, 5) is 16.6. The summed E-state index contributed by atoms with van der Waals surface area (Å²) in [7, 11) is 0. The van der Waals surface area contributed by atoms with Gasteiger partial charge in [-0.3, -0.25) is 9.36 Å². The molecule has 10 heteroatoms. The molecule has 0 saturated carbocycles. The number of ether oxygens (including phenoxy) is 1. The van der Waals surface area contributed by atoms with Crippen molar-refractivity contribution in [1.82, 2.24) is 24.9 Å². The molecule has 0 N–H and O–H groups in total. The minimum atomic E-state index is -0.638. The Kier molecular flexibility index (Phi) is 6.28. The van der Waals surface area contributed by atoms with Gasteiger partial charge in [-0.1, -0.05) is 55.4 Å². The molecule has 0 aliphatic rings. The van der Waals surface area contributed by atoms with Gasteiger partial charge in [-0.2, -0.15) is 4.98 Å². The molecule has 8 nitrogen and oxygen atoms in total. The van der Waals surface area contributed by atoms with Crippen LogP contribution in [0.5, 0.6) is 0 Å². The second-order valence-electron chi connectivity index (χ2n) is 7.54. The molecule has 0 bridgehead atoms. The summed E-state index contributed by atoms with van der Waals surface area (Å²) < 4.78 is 12.4. The molecule has 0 amide bonds. The van der Waals surface area contributed by atoms with E-state index < -0.39 is 12.1 Å². The first-order chi connectivity index (χ1) is 13.6. The van der Waals surface area contributed by atoms with Gasteiger partial charge in [-0.15, -0.1) is 10.2 Å². The predicted octanol–water partition coefficient (Wildman–Crippen LogP) is 4.31. The Labute approximate surface area is 178 Å². The number of nitrogens with zero attached hydrogens (tertiary/aromatic N) is 5. The molecule has 0 fully saturated rings. The van der Waals surface area contributed by atoms with Gasteiger partial charge in [0.1, 0.15) is 6.33 Å². The number of aromatic nitrogens is 5. The van der Waals surface area contributed by atoms with E-state index in [0.29, 0.717) is 16.0 Å². The second kappa shape index (κ2) is 8.54. The van der Waals surface area contributed by atoms with Crippen molar-refractivity contribution in [3.8, 4) is 5.69 Å². The number of thioether (sulfide) groups is 1. The summed E-state index contributed by atoms with van der Waals surface area (Å²) in [6, 6.07) is 5.66. The lowest BCUT2D eigenvalue weighted by Gasteiger charge is -2.12. The Morgan fingerprint density at radius 1 is 1.38 bits per heavy atom. The molecule has 3 rings (SSSR count). The molecule has 1 atom stereocenters. The van der Waals surface area contributed by atoms with E-state index in [9.17, 15) is 4.79 Å². The number of carbonyl (C=O) groups is 1. The maximum absolute atomic E-state index is 12.3. The molecule has 0 radical (unpaired) electrons. The lowest BCUT2D eigenvalue weighted by Crippen LogP contribution is -2.14. The number of aryl methyl sites for hydroxylation is 1. The lowest BCUT2D eigenvalue weighted by atomic mass is 9.96. The third-order valence-corrected chi connectivity index (χ3v) is 5.36. The first kappa shape index (κ1) is 21.3. The highest BCUT2D eigenvalue weighted by Gasteiger charge is 2.25. The van der Waals surface area contributed by atoms with Crippen molar-refractivity contribution in [2.24, 2.45) is 0 Å². The highest BCUT2D eigenvalue weighted by molar-refractivity contribution is 7.99. The molecule has 0 saturated heterocycles. The van der Waals surface area contributed by atoms with E-state index in [1.165, 1.54) is 11.8 Å². The minimum Gasteiger partial charge on any atom is -0.452 e. The minimum absolute atomic E-state index is 0.0584. The summed E-state index contributed by atoms with van der Waals surface area (Å²) in [5.41, 5.74) is 1.55. The van der Waals surface area contributed by atoms with Gasteiger partial charge in [0, 0.05) is 10.4 Å². The van der Waals surface area contributed by atoms with Crippen molar-refractivity contribution >= 4 is 29.3 Å². The van der Waals surface area contributed by atoms with E-state index in [-0.39, 0.29) is 17.1 Å². The van der Waals surface area contributed by atoms with Gasteiger partial charge < -0.3 is 9.26 Å². The van der Waals surface area contributed by atoms with E-state index in [1.54, 1.807) is 17.8 Å². The Bertz CT molecular complexity index is 1010. The molecular formula is C19H22ClN5O3S. The molecule has 2 aromatic heterocycles. The number of halogens is 1. The molecule has 0 spiro atoms. The van der Waals surface area contributed by atoms with Crippen molar-refractivity contribution in [3.05, 3.63) is 46.8 Å². The lowest BCUT2D eigenvalue weighted by molar-refractivity contribution is -0.146. The SMILES string of the molecule is Cc1ccc(-n2cnnc2SCC(=O)OC(C)c2nc(C(C)(C)C)no2)cc1Cl. The summed E-state index contributed by atoms with van der Waals surface area (Å²) in [6.07, 6.45) is 0.935. The number of rotatable bonds is 6.